The molecule has 1 aromatic rings. The molecule has 174 valence electrons. The highest BCUT2D eigenvalue weighted by molar-refractivity contribution is 7.89. The molecule has 0 unspecified atom stereocenters. The molecule has 10 heteroatoms. The van der Waals surface area contributed by atoms with Crippen LogP contribution in [0.4, 0.5) is 9.59 Å². The number of nitrogens with zero attached hydrogens (tertiary/aromatic N) is 4. The maximum absolute atomic E-state index is 13.4. The topological polar surface area (TPSA) is 90.5 Å². The molecular weight excluding hydrogens is 420 g/mol. The van der Waals surface area contributed by atoms with Crippen molar-refractivity contribution < 1.29 is 22.7 Å². The second kappa shape index (κ2) is 11.3. The Labute approximate surface area is 185 Å². The van der Waals surface area contributed by atoms with Gasteiger partial charge in [-0.25, -0.2) is 22.3 Å². The number of hydrogen-bond donors (Lipinski definition) is 0. The summed E-state index contributed by atoms with van der Waals surface area (Å²) >= 11 is 0. The molecule has 0 N–H and O–H groups in total. The number of ether oxygens (including phenoxy) is 1. The summed E-state index contributed by atoms with van der Waals surface area (Å²) in [7, 11) is -4.01. The van der Waals surface area contributed by atoms with Crippen molar-refractivity contribution in [1.29, 1.82) is 0 Å². The first-order chi connectivity index (χ1) is 14.7. The summed E-state index contributed by atoms with van der Waals surface area (Å²) in [6.45, 7) is 11.1. The molecule has 0 atom stereocenters. The Bertz CT molecular complexity index is 832. The van der Waals surface area contributed by atoms with Crippen LogP contribution in [0.1, 0.15) is 26.3 Å². The minimum absolute atomic E-state index is 0.0643. The number of amides is 3. The first-order valence-corrected chi connectivity index (χ1v) is 12.2. The largest absolute Gasteiger partial charge is 0.450 e. The molecule has 0 spiro atoms. The molecule has 0 aromatic heterocycles. The lowest BCUT2D eigenvalue weighted by molar-refractivity contribution is 0.0821. The van der Waals surface area contributed by atoms with Gasteiger partial charge in [-0.3, -0.25) is 0 Å². The van der Waals surface area contributed by atoms with E-state index in [1.807, 2.05) is 20.8 Å². The minimum atomic E-state index is -4.01. The van der Waals surface area contributed by atoms with Gasteiger partial charge in [0.25, 0.3) is 10.0 Å². The van der Waals surface area contributed by atoms with Gasteiger partial charge in [-0.05, 0) is 39.1 Å². The highest BCUT2D eigenvalue weighted by Gasteiger charge is 2.34. The zero-order chi connectivity index (χ0) is 23.0. The van der Waals surface area contributed by atoms with Crippen molar-refractivity contribution in [3.05, 3.63) is 29.8 Å². The Balaban J connectivity index is 2.21. The van der Waals surface area contributed by atoms with Crippen molar-refractivity contribution in [3.63, 3.8) is 0 Å². The van der Waals surface area contributed by atoms with E-state index in [1.54, 1.807) is 19.1 Å². The maximum atomic E-state index is 13.4. The molecule has 1 aliphatic heterocycles. The second-order valence-corrected chi connectivity index (χ2v) is 9.24. The summed E-state index contributed by atoms with van der Waals surface area (Å²) in [5.41, 5.74) is 0.940. The van der Waals surface area contributed by atoms with Gasteiger partial charge in [0.2, 0.25) is 0 Å². The predicted molar refractivity (Wildman–Crippen MR) is 118 cm³/mol. The molecule has 31 heavy (non-hydrogen) atoms. The molecule has 1 heterocycles. The van der Waals surface area contributed by atoms with E-state index in [4.69, 9.17) is 4.74 Å². The van der Waals surface area contributed by atoms with E-state index < -0.39 is 22.1 Å². The van der Waals surface area contributed by atoms with Crippen LogP contribution >= 0.6 is 0 Å². The molecule has 0 bridgehead atoms. The zero-order valence-electron chi connectivity index (χ0n) is 18.9. The Hall–Kier alpha value is -2.33. The van der Waals surface area contributed by atoms with Crippen LogP contribution in [0.5, 0.6) is 0 Å². The van der Waals surface area contributed by atoms with Crippen LogP contribution in [0.15, 0.2) is 29.2 Å². The minimum Gasteiger partial charge on any atom is -0.450 e. The molecule has 0 radical (unpaired) electrons. The Kier molecular flexibility index (Phi) is 9.12. The van der Waals surface area contributed by atoms with Crippen molar-refractivity contribution in [2.75, 3.05) is 59.0 Å². The van der Waals surface area contributed by atoms with Gasteiger partial charge in [0.05, 0.1) is 18.0 Å². The molecule has 1 saturated heterocycles. The number of carbonyl (C=O) groups excluding carboxylic acids is 2. The number of hydrogen-bond acceptors (Lipinski definition) is 6. The molecule has 1 aliphatic rings. The quantitative estimate of drug-likeness (QED) is 0.598. The molecule has 9 nitrogen and oxygen atoms in total. The maximum Gasteiger partial charge on any atom is 0.409 e. The first-order valence-electron chi connectivity index (χ1n) is 10.8. The highest BCUT2D eigenvalue weighted by atomic mass is 32.2. The Morgan fingerprint density at radius 3 is 2.00 bits per heavy atom. The lowest BCUT2D eigenvalue weighted by atomic mass is 10.2. The highest BCUT2D eigenvalue weighted by Crippen LogP contribution is 2.19. The van der Waals surface area contributed by atoms with Crippen LogP contribution in [0.2, 0.25) is 0 Å². The van der Waals surface area contributed by atoms with E-state index in [-0.39, 0.29) is 31.1 Å². The summed E-state index contributed by atoms with van der Waals surface area (Å²) < 4.78 is 32.7. The lowest BCUT2D eigenvalue weighted by Crippen LogP contribution is -2.56. The monoisotopic (exact) mass is 454 g/mol. The summed E-state index contributed by atoms with van der Waals surface area (Å²) in [5, 5.41) is 0. The number of benzene rings is 1. The van der Waals surface area contributed by atoms with E-state index in [1.165, 1.54) is 21.9 Å². The third-order valence-electron chi connectivity index (χ3n) is 5.41. The van der Waals surface area contributed by atoms with Crippen molar-refractivity contribution >= 4 is 22.1 Å². The van der Waals surface area contributed by atoms with Gasteiger partial charge in [0, 0.05) is 32.7 Å². The van der Waals surface area contributed by atoms with Gasteiger partial charge in [0.1, 0.15) is 0 Å². The van der Waals surface area contributed by atoms with Crippen LogP contribution < -0.4 is 0 Å². The Morgan fingerprint density at radius 1 is 0.935 bits per heavy atom. The van der Waals surface area contributed by atoms with Crippen LogP contribution in [-0.4, -0.2) is 98.5 Å². The standard InChI is InChI=1S/C21H34N4O5S/c1-5-22(6-2)12-17-25(31(28,29)19-10-8-18(4)9-11-19)20(26)23-13-15-24(16-14-23)21(27)30-7-3/h8-11H,5-7,12-17H2,1-4H3. The molecule has 0 aliphatic carbocycles. The smallest absolute Gasteiger partial charge is 0.409 e. The average molecular weight is 455 g/mol. The van der Waals surface area contributed by atoms with E-state index in [0.29, 0.717) is 19.6 Å². The van der Waals surface area contributed by atoms with Crippen molar-refractivity contribution in [2.45, 2.75) is 32.6 Å². The number of sulfonamides is 1. The van der Waals surface area contributed by atoms with Crippen LogP contribution in [0.25, 0.3) is 0 Å². The first kappa shape index (κ1) is 24.9. The predicted octanol–water partition coefficient (Wildman–Crippen LogP) is 2.22. The number of piperazine rings is 1. The number of rotatable bonds is 8. The summed E-state index contributed by atoms with van der Waals surface area (Å²) in [4.78, 5) is 30.4. The SMILES string of the molecule is CCOC(=O)N1CCN(C(=O)N(CCN(CC)CC)S(=O)(=O)c2ccc(C)cc2)CC1. The number of aryl methyl sites for hydroxylation is 1. The lowest BCUT2D eigenvalue weighted by Gasteiger charge is -2.37. The fourth-order valence-corrected chi connectivity index (χ4v) is 4.76. The summed E-state index contributed by atoms with van der Waals surface area (Å²) in [6, 6.07) is 5.94. The summed E-state index contributed by atoms with van der Waals surface area (Å²) in [5.74, 6) is 0. The van der Waals surface area contributed by atoms with Crippen molar-refractivity contribution in [1.82, 2.24) is 19.0 Å². The molecule has 0 saturated carbocycles. The number of urea groups is 1. The summed E-state index contributed by atoms with van der Waals surface area (Å²) in [6.07, 6.45) is -0.416. The van der Waals surface area contributed by atoms with Gasteiger partial charge in [-0.2, -0.15) is 0 Å². The van der Waals surface area contributed by atoms with Crippen molar-refractivity contribution in [3.8, 4) is 0 Å². The van der Waals surface area contributed by atoms with Crippen LogP contribution in [0, 0.1) is 6.92 Å². The Morgan fingerprint density at radius 2 is 1.48 bits per heavy atom. The van der Waals surface area contributed by atoms with Crippen LogP contribution in [0.3, 0.4) is 0 Å². The average Bonchev–Trinajstić information content (AvgIpc) is 2.77. The van der Waals surface area contributed by atoms with Gasteiger partial charge in [0.15, 0.2) is 0 Å². The number of carbonyl (C=O) groups is 2. The van der Waals surface area contributed by atoms with Crippen LogP contribution in [-0.2, 0) is 14.8 Å². The molecule has 2 rings (SSSR count). The molecule has 1 aromatic carbocycles. The normalized spacial score (nSPS) is 14.6. The van der Waals surface area contributed by atoms with E-state index in [0.717, 1.165) is 23.0 Å². The number of likely N-dealkylation sites (N-methyl/N-ethyl adjacent to an activating group) is 1. The third-order valence-corrected chi connectivity index (χ3v) is 7.20. The molecule has 1 fully saturated rings. The van der Waals surface area contributed by atoms with E-state index in [2.05, 4.69) is 4.90 Å². The zero-order valence-corrected chi connectivity index (χ0v) is 19.7. The fraction of sp³-hybridized carbons (Fsp3) is 0.619. The van der Waals surface area contributed by atoms with E-state index in [9.17, 15) is 18.0 Å². The van der Waals surface area contributed by atoms with Gasteiger partial charge < -0.3 is 19.4 Å². The van der Waals surface area contributed by atoms with Gasteiger partial charge in [-0.15, -0.1) is 0 Å². The van der Waals surface area contributed by atoms with Gasteiger partial charge in [-0.1, -0.05) is 31.5 Å². The van der Waals surface area contributed by atoms with Crippen molar-refractivity contribution in [2.24, 2.45) is 0 Å². The second-order valence-electron chi connectivity index (χ2n) is 7.37. The third kappa shape index (κ3) is 6.33. The molecular formula is C21H34N4O5S. The van der Waals surface area contributed by atoms with Gasteiger partial charge >= 0.3 is 12.1 Å². The molecule has 3 amide bonds. The van der Waals surface area contributed by atoms with E-state index >= 15 is 0 Å². The fourth-order valence-electron chi connectivity index (χ4n) is 3.38.